The second-order valence-corrected chi connectivity index (χ2v) is 9.77. The summed E-state index contributed by atoms with van der Waals surface area (Å²) in [4.78, 5) is 44.8. The maximum atomic E-state index is 12.9. The fourth-order valence-electron chi connectivity index (χ4n) is 4.08. The summed E-state index contributed by atoms with van der Waals surface area (Å²) in [5.74, 6) is -0.378. The number of rotatable bonds is 10. The predicted molar refractivity (Wildman–Crippen MR) is 157 cm³/mol. The van der Waals surface area contributed by atoms with E-state index in [1.54, 1.807) is 38.4 Å². The zero-order valence-electron chi connectivity index (χ0n) is 22.8. The van der Waals surface area contributed by atoms with E-state index in [4.69, 9.17) is 4.74 Å². The van der Waals surface area contributed by atoms with Gasteiger partial charge < -0.3 is 24.8 Å². The molecule has 12 nitrogen and oxygen atoms in total. The Labute approximate surface area is 233 Å². The van der Waals surface area contributed by atoms with E-state index in [0.717, 1.165) is 17.5 Å². The molecule has 0 saturated heterocycles. The van der Waals surface area contributed by atoms with Crippen molar-refractivity contribution in [2.24, 2.45) is 0 Å². The maximum Gasteiger partial charge on any atom is 0.342 e. The van der Waals surface area contributed by atoms with Crippen molar-refractivity contribution in [3.63, 3.8) is 0 Å². The first-order valence-electron chi connectivity index (χ1n) is 12.5. The van der Waals surface area contributed by atoms with Crippen LogP contribution < -0.4 is 10.2 Å². The van der Waals surface area contributed by atoms with Crippen LogP contribution in [0.25, 0.3) is 22.3 Å². The fraction of sp³-hybridized carbons (Fsp3) is 0.357. The molecule has 212 valence electrons. The number of carbonyl (C=O) groups excluding carboxylic acids is 1. The highest BCUT2D eigenvalue weighted by Gasteiger charge is 2.23. The number of nitro benzene ring substituents is 1. The number of aromatic nitrogens is 4. The Kier molecular flexibility index (Phi) is 9.38. The number of esters is 1. The van der Waals surface area contributed by atoms with Crippen molar-refractivity contribution in [3.8, 4) is 11.3 Å². The van der Waals surface area contributed by atoms with Crippen LogP contribution in [0.4, 0.5) is 23.0 Å². The Bertz CT molecular complexity index is 1520. The van der Waals surface area contributed by atoms with Crippen molar-refractivity contribution in [3.05, 3.63) is 64.1 Å². The highest BCUT2D eigenvalue weighted by atomic mass is 16.6. The van der Waals surface area contributed by atoms with E-state index in [1.165, 1.54) is 12.3 Å². The van der Waals surface area contributed by atoms with E-state index in [9.17, 15) is 14.9 Å². The van der Waals surface area contributed by atoms with Crippen LogP contribution in [0.1, 0.15) is 37.2 Å². The summed E-state index contributed by atoms with van der Waals surface area (Å²) in [5.41, 5.74) is 3.58. The van der Waals surface area contributed by atoms with Crippen LogP contribution in [0.3, 0.4) is 0 Å². The molecule has 0 radical (unpaired) electrons. The van der Waals surface area contributed by atoms with Crippen LogP contribution in [0.2, 0.25) is 0 Å². The van der Waals surface area contributed by atoms with Gasteiger partial charge in [-0.05, 0) is 58.6 Å². The molecule has 0 atom stereocenters. The molecule has 12 heteroatoms. The number of aryl methyl sites for hydroxylation is 1. The summed E-state index contributed by atoms with van der Waals surface area (Å²) in [6.07, 6.45) is 4.47. The van der Waals surface area contributed by atoms with Crippen molar-refractivity contribution in [2.75, 3.05) is 44.4 Å². The molecule has 0 aliphatic rings. The van der Waals surface area contributed by atoms with Crippen LogP contribution in [0, 0.1) is 17.0 Å². The number of hydrogen-bond donors (Lipinski definition) is 2. The quantitative estimate of drug-likeness (QED) is 0.155. The molecule has 40 heavy (non-hydrogen) atoms. The lowest BCUT2D eigenvalue weighted by Crippen LogP contribution is -2.29. The number of nitrogens with zero attached hydrogens (tertiary/aromatic N) is 6. The van der Waals surface area contributed by atoms with Gasteiger partial charge >= 0.3 is 5.97 Å². The van der Waals surface area contributed by atoms with Gasteiger partial charge in [0.25, 0.3) is 5.69 Å². The number of H-pyrrole nitrogens is 1. The summed E-state index contributed by atoms with van der Waals surface area (Å²) >= 11 is 0. The number of anilines is 3. The molecule has 3 aromatic heterocycles. The Morgan fingerprint density at radius 3 is 2.62 bits per heavy atom. The fourth-order valence-corrected chi connectivity index (χ4v) is 4.08. The van der Waals surface area contributed by atoms with Gasteiger partial charge in [0.1, 0.15) is 16.9 Å². The summed E-state index contributed by atoms with van der Waals surface area (Å²) in [5, 5.41) is 15.9. The third-order valence-electron chi connectivity index (χ3n) is 6.12. The molecule has 0 saturated carbocycles. The second kappa shape index (κ2) is 12.5. The highest BCUT2D eigenvalue weighted by Crippen LogP contribution is 2.35. The normalized spacial score (nSPS) is 11.0. The third-order valence-corrected chi connectivity index (χ3v) is 6.12. The Morgan fingerprint density at radius 2 is 1.95 bits per heavy atom. The summed E-state index contributed by atoms with van der Waals surface area (Å²) in [7, 11) is 5.74. The third kappa shape index (κ3) is 6.52. The zero-order chi connectivity index (χ0) is 28.3. The largest absolute Gasteiger partial charge is 0.459 e. The van der Waals surface area contributed by atoms with Gasteiger partial charge in [0.15, 0.2) is 0 Å². The van der Waals surface area contributed by atoms with Crippen molar-refractivity contribution >= 4 is 40.0 Å². The first-order valence-corrected chi connectivity index (χ1v) is 12.5. The topological polar surface area (TPSA) is 142 Å². The smallest absolute Gasteiger partial charge is 0.342 e. The van der Waals surface area contributed by atoms with Gasteiger partial charge in [-0.25, -0.2) is 19.7 Å². The van der Waals surface area contributed by atoms with Gasteiger partial charge in [-0.2, -0.15) is 0 Å². The first kappa shape index (κ1) is 30.0. The molecule has 0 fully saturated rings. The van der Waals surface area contributed by atoms with E-state index >= 15 is 0 Å². The number of aromatic amines is 1. The molecule has 0 spiro atoms. The monoisotopic (exact) mass is 548 g/mol. The van der Waals surface area contributed by atoms with Crippen molar-refractivity contribution in [1.29, 1.82) is 0 Å². The van der Waals surface area contributed by atoms with Crippen LogP contribution in [0.5, 0.6) is 0 Å². The number of nitro groups is 1. The van der Waals surface area contributed by atoms with E-state index < -0.39 is 10.9 Å². The van der Waals surface area contributed by atoms with E-state index in [2.05, 4.69) is 25.3 Å². The molecule has 4 aromatic rings. The second-order valence-electron chi connectivity index (χ2n) is 9.77. The zero-order valence-corrected chi connectivity index (χ0v) is 22.8. The molecule has 2 N–H and O–H groups in total. The Hall–Kier alpha value is -4.58. The van der Waals surface area contributed by atoms with Crippen molar-refractivity contribution in [2.45, 2.75) is 34.3 Å². The number of hydrogen-bond acceptors (Lipinski definition) is 10. The maximum absolute atomic E-state index is 12.9. The number of carbonyl (C=O) groups is 1. The van der Waals surface area contributed by atoms with Gasteiger partial charge in [-0.3, -0.25) is 10.1 Å². The molecule has 0 bridgehead atoms. The average Bonchev–Trinajstić information content (AvgIpc) is 3.31. The molecule has 0 aliphatic heterocycles. The van der Waals surface area contributed by atoms with Gasteiger partial charge in [0.05, 0.1) is 22.4 Å². The standard InChI is InChI=1S/C27H32N8O4.CH4/c1-16(2)39-26(36)20-15-30-27(32-24(20)19-14-29-25-18(19)8-7-9-28-25)31-21-13-23(35(37)38)22(12-17(21)3)34(6)11-10-33(4)5;/h7-9,12-16H,10-11H2,1-6H3,(H,28,29)(H,30,31,32);1H4. The van der Waals surface area contributed by atoms with Gasteiger partial charge in [-0.15, -0.1) is 0 Å². The number of ether oxygens (including phenoxy) is 1. The summed E-state index contributed by atoms with van der Waals surface area (Å²) in [6, 6.07) is 6.93. The average molecular weight is 549 g/mol. The molecule has 0 aliphatic carbocycles. The lowest BCUT2D eigenvalue weighted by molar-refractivity contribution is -0.384. The van der Waals surface area contributed by atoms with Crippen LogP contribution in [0.15, 0.2) is 42.9 Å². The number of likely N-dealkylation sites (N-methyl/N-ethyl adjacent to an activating group) is 2. The SMILES string of the molecule is C.Cc1cc(N(C)CCN(C)C)c([N+](=O)[O-])cc1Nc1ncc(C(=O)OC(C)C)c(-c2c[nH]c3ncccc23)n1. The van der Waals surface area contributed by atoms with Crippen LogP contribution in [-0.2, 0) is 4.74 Å². The minimum absolute atomic E-state index is 0. The Morgan fingerprint density at radius 1 is 1.20 bits per heavy atom. The summed E-state index contributed by atoms with van der Waals surface area (Å²) < 4.78 is 5.43. The van der Waals surface area contributed by atoms with Gasteiger partial charge in [0, 0.05) is 55.7 Å². The molecular weight excluding hydrogens is 512 g/mol. The first-order chi connectivity index (χ1) is 18.5. The lowest BCUT2D eigenvalue weighted by Gasteiger charge is -2.22. The van der Waals surface area contributed by atoms with E-state index in [-0.39, 0.29) is 30.7 Å². The molecule has 0 unspecified atom stereocenters. The van der Waals surface area contributed by atoms with E-state index in [1.807, 2.05) is 43.9 Å². The molecule has 4 rings (SSSR count). The number of fused-ring (bicyclic) bond motifs is 1. The van der Waals surface area contributed by atoms with Gasteiger partial charge in [-0.1, -0.05) is 7.43 Å². The molecule has 0 amide bonds. The molecule has 1 aromatic carbocycles. The number of pyridine rings is 1. The lowest BCUT2D eigenvalue weighted by atomic mass is 10.1. The minimum atomic E-state index is -0.554. The summed E-state index contributed by atoms with van der Waals surface area (Å²) in [6.45, 7) is 6.76. The van der Waals surface area contributed by atoms with Crippen LogP contribution in [-0.4, -0.2) is 76.1 Å². The van der Waals surface area contributed by atoms with Crippen molar-refractivity contribution in [1.82, 2.24) is 24.8 Å². The van der Waals surface area contributed by atoms with Gasteiger partial charge in [0.2, 0.25) is 5.95 Å². The molecular formula is C28H36N8O4. The minimum Gasteiger partial charge on any atom is -0.459 e. The Balaban J connectivity index is 0.00000441. The number of benzene rings is 1. The number of nitrogens with one attached hydrogen (secondary N) is 2. The van der Waals surface area contributed by atoms with Crippen molar-refractivity contribution < 1.29 is 14.5 Å². The highest BCUT2D eigenvalue weighted by molar-refractivity contribution is 6.02. The van der Waals surface area contributed by atoms with Crippen LogP contribution >= 0.6 is 0 Å². The molecule has 3 heterocycles. The predicted octanol–water partition coefficient (Wildman–Crippen LogP) is 5.18. The van der Waals surface area contributed by atoms with E-state index in [0.29, 0.717) is 34.8 Å².